The molecule has 5 heteroatoms. The number of pyridine rings is 1. The van der Waals surface area contributed by atoms with E-state index >= 15 is 0 Å². The van der Waals surface area contributed by atoms with Crippen molar-refractivity contribution in [2.45, 2.75) is 6.92 Å². The summed E-state index contributed by atoms with van der Waals surface area (Å²) in [6.45, 7) is 1.97. The van der Waals surface area contributed by atoms with Gasteiger partial charge in [-0.3, -0.25) is 0 Å². The third kappa shape index (κ3) is 2.44. The molecule has 0 unspecified atom stereocenters. The van der Waals surface area contributed by atoms with Gasteiger partial charge in [-0.2, -0.15) is 0 Å². The molecule has 0 aliphatic carbocycles. The van der Waals surface area contributed by atoms with E-state index in [4.69, 9.17) is 18.1 Å². The molecule has 0 saturated heterocycles. The zero-order valence-corrected chi connectivity index (χ0v) is 7.48. The molecule has 12 heavy (non-hydrogen) atoms. The Hall–Kier alpha value is -1.20. The third-order valence-electron chi connectivity index (χ3n) is 1.28. The summed E-state index contributed by atoms with van der Waals surface area (Å²) in [5, 5.41) is 3.16. The van der Waals surface area contributed by atoms with E-state index in [2.05, 4.69) is 15.7 Å². The zero-order chi connectivity index (χ0) is 8.97. The molecule has 1 heterocycles. The van der Waals surface area contributed by atoms with E-state index in [0.29, 0.717) is 10.9 Å². The molecule has 0 aromatic carbocycles. The van der Waals surface area contributed by atoms with Crippen LogP contribution >= 0.6 is 12.2 Å². The summed E-state index contributed by atoms with van der Waals surface area (Å²) < 4.78 is 0. The van der Waals surface area contributed by atoms with Crippen LogP contribution in [0.3, 0.4) is 0 Å². The van der Waals surface area contributed by atoms with Crippen LogP contribution in [0, 0.1) is 6.92 Å². The Morgan fingerprint density at radius 3 is 2.83 bits per heavy atom. The number of nitrogens with one attached hydrogen (secondary N) is 2. The third-order valence-corrected chi connectivity index (χ3v) is 1.50. The molecular formula is C7H10N4S. The van der Waals surface area contributed by atoms with E-state index in [1.807, 2.05) is 19.1 Å². The first-order valence-electron chi connectivity index (χ1n) is 3.42. The Labute approximate surface area is 76.1 Å². The predicted octanol–water partition coefficient (Wildman–Crippen LogP) is 0.550. The average molecular weight is 182 g/mol. The van der Waals surface area contributed by atoms with Gasteiger partial charge in [0, 0.05) is 6.20 Å². The van der Waals surface area contributed by atoms with Crippen molar-refractivity contribution in [3.8, 4) is 0 Å². The highest BCUT2D eigenvalue weighted by molar-refractivity contribution is 7.80. The van der Waals surface area contributed by atoms with Crippen LogP contribution in [0.1, 0.15) is 5.56 Å². The molecule has 0 aliphatic rings. The van der Waals surface area contributed by atoms with Crippen LogP contribution in [0.5, 0.6) is 0 Å². The van der Waals surface area contributed by atoms with Gasteiger partial charge in [0.05, 0.1) is 0 Å². The van der Waals surface area contributed by atoms with Gasteiger partial charge in [-0.1, -0.05) is 6.07 Å². The Morgan fingerprint density at radius 1 is 1.58 bits per heavy atom. The minimum absolute atomic E-state index is 0.353. The SMILES string of the molecule is Cc1ccc(NC(=S)NN)nc1. The Bertz CT molecular complexity index is 269. The first-order valence-corrected chi connectivity index (χ1v) is 3.83. The minimum Gasteiger partial charge on any atom is -0.316 e. The number of rotatable bonds is 1. The molecule has 64 valence electrons. The normalized spacial score (nSPS) is 9.17. The van der Waals surface area contributed by atoms with Crippen molar-refractivity contribution >= 4 is 23.1 Å². The molecule has 4 nitrogen and oxygen atoms in total. The van der Waals surface area contributed by atoms with Crippen LogP contribution in [0.15, 0.2) is 18.3 Å². The van der Waals surface area contributed by atoms with Crippen LogP contribution in [-0.2, 0) is 0 Å². The van der Waals surface area contributed by atoms with Gasteiger partial charge in [0.1, 0.15) is 5.82 Å². The van der Waals surface area contributed by atoms with E-state index in [9.17, 15) is 0 Å². The van der Waals surface area contributed by atoms with Crippen molar-refractivity contribution in [2.24, 2.45) is 5.84 Å². The van der Waals surface area contributed by atoms with Gasteiger partial charge in [0.2, 0.25) is 0 Å². The maximum atomic E-state index is 5.07. The summed E-state index contributed by atoms with van der Waals surface area (Å²) in [4.78, 5) is 4.07. The Morgan fingerprint density at radius 2 is 2.33 bits per heavy atom. The number of nitrogens with zero attached hydrogens (tertiary/aromatic N) is 1. The van der Waals surface area contributed by atoms with Crippen LogP contribution in [0.4, 0.5) is 5.82 Å². The molecule has 0 radical (unpaired) electrons. The van der Waals surface area contributed by atoms with Gasteiger partial charge < -0.3 is 10.7 Å². The fourth-order valence-electron chi connectivity index (χ4n) is 0.694. The highest BCUT2D eigenvalue weighted by Crippen LogP contribution is 2.02. The largest absolute Gasteiger partial charge is 0.316 e. The van der Waals surface area contributed by atoms with E-state index in [-0.39, 0.29) is 0 Å². The smallest absolute Gasteiger partial charge is 0.186 e. The van der Waals surface area contributed by atoms with E-state index in [1.54, 1.807) is 6.20 Å². The first-order chi connectivity index (χ1) is 5.72. The number of hydrazine groups is 1. The zero-order valence-electron chi connectivity index (χ0n) is 6.66. The quantitative estimate of drug-likeness (QED) is 0.336. The molecule has 0 spiro atoms. The highest BCUT2D eigenvalue weighted by atomic mass is 32.1. The lowest BCUT2D eigenvalue weighted by atomic mass is 10.3. The van der Waals surface area contributed by atoms with Crippen molar-refractivity contribution in [1.29, 1.82) is 0 Å². The van der Waals surface area contributed by atoms with Crippen molar-refractivity contribution in [3.05, 3.63) is 23.9 Å². The average Bonchev–Trinajstić information content (AvgIpc) is 2.09. The maximum absolute atomic E-state index is 5.07. The van der Waals surface area contributed by atoms with Gasteiger partial charge in [-0.15, -0.1) is 0 Å². The highest BCUT2D eigenvalue weighted by Gasteiger charge is 1.94. The molecule has 0 saturated carbocycles. The molecule has 1 aromatic rings. The lowest BCUT2D eigenvalue weighted by Crippen LogP contribution is -2.34. The second-order valence-corrected chi connectivity index (χ2v) is 2.73. The molecule has 1 aromatic heterocycles. The van der Waals surface area contributed by atoms with Gasteiger partial charge in [0.25, 0.3) is 0 Å². The predicted molar refractivity (Wildman–Crippen MR) is 52.5 cm³/mol. The second-order valence-electron chi connectivity index (χ2n) is 2.32. The molecule has 0 fully saturated rings. The topological polar surface area (TPSA) is 63.0 Å². The monoisotopic (exact) mass is 182 g/mol. The van der Waals surface area contributed by atoms with Crippen molar-refractivity contribution in [1.82, 2.24) is 10.4 Å². The van der Waals surface area contributed by atoms with Crippen molar-refractivity contribution < 1.29 is 0 Å². The minimum atomic E-state index is 0.353. The van der Waals surface area contributed by atoms with Crippen molar-refractivity contribution in [2.75, 3.05) is 5.32 Å². The summed E-state index contributed by atoms with van der Waals surface area (Å²) in [5.74, 6) is 5.75. The number of aryl methyl sites for hydroxylation is 1. The molecule has 4 N–H and O–H groups in total. The van der Waals surface area contributed by atoms with Crippen molar-refractivity contribution in [3.63, 3.8) is 0 Å². The fourth-order valence-corrected chi connectivity index (χ4v) is 0.799. The van der Waals surface area contributed by atoms with Crippen LogP contribution in [0.25, 0.3) is 0 Å². The number of anilines is 1. The molecule has 0 atom stereocenters. The van der Waals surface area contributed by atoms with Gasteiger partial charge in [-0.25, -0.2) is 10.8 Å². The van der Waals surface area contributed by atoms with Crippen LogP contribution < -0.4 is 16.6 Å². The standard InChI is InChI=1S/C7H10N4S/c1-5-2-3-6(9-4-5)10-7(12)11-8/h2-4H,8H2,1H3,(H2,9,10,11,12). The number of hydrogen-bond acceptors (Lipinski definition) is 3. The number of thiocarbonyl (C=S) groups is 1. The Balaban J connectivity index is 2.64. The van der Waals surface area contributed by atoms with E-state index in [1.165, 1.54) is 0 Å². The fraction of sp³-hybridized carbons (Fsp3) is 0.143. The summed E-state index contributed by atoms with van der Waals surface area (Å²) in [7, 11) is 0. The van der Waals surface area contributed by atoms with Gasteiger partial charge in [-0.05, 0) is 30.8 Å². The number of aromatic nitrogens is 1. The number of nitrogens with two attached hydrogens (primary N) is 1. The molecule has 0 bridgehead atoms. The molecule has 1 rings (SSSR count). The lowest BCUT2D eigenvalue weighted by Gasteiger charge is -2.04. The van der Waals surface area contributed by atoms with Crippen LogP contribution in [0.2, 0.25) is 0 Å². The van der Waals surface area contributed by atoms with Gasteiger partial charge in [0.15, 0.2) is 5.11 Å². The summed E-state index contributed by atoms with van der Waals surface area (Å²) in [6, 6.07) is 3.77. The molecular weight excluding hydrogens is 172 g/mol. The van der Waals surface area contributed by atoms with E-state index in [0.717, 1.165) is 5.56 Å². The lowest BCUT2D eigenvalue weighted by molar-refractivity contribution is 1.04. The summed E-state index contributed by atoms with van der Waals surface area (Å²) in [5.41, 5.74) is 3.41. The van der Waals surface area contributed by atoms with Crippen LogP contribution in [-0.4, -0.2) is 10.1 Å². The Kier molecular flexibility index (Phi) is 2.95. The van der Waals surface area contributed by atoms with Gasteiger partial charge >= 0.3 is 0 Å². The molecule has 0 amide bonds. The summed E-state index contributed by atoms with van der Waals surface area (Å²) in [6.07, 6.45) is 1.75. The maximum Gasteiger partial charge on any atom is 0.186 e. The number of hydrogen-bond donors (Lipinski definition) is 3. The first kappa shape index (κ1) is 8.89. The molecule has 0 aliphatic heterocycles. The summed E-state index contributed by atoms with van der Waals surface area (Å²) >= 11 is 4.78. The second kappa shape index (κ2) is 3.99. The van der Waals surface area contributed by atoms with E-state index < -0.39 is 0 Å².